The first kappa shape index (κ1) is 32.0. The smallest absolute Gasteiger partial charge is 0.318 e. The van der Waals surface area contributed by atoms with Gasteiger partial charge in [-0.25, -0.2) is 8.78 Å². The minimum Gasteiger partial charge on any atom is -0.462 e. The highest BCUT2D eigenvalue weighted by Gasteiger charge is 2.35. The number of piperazine rings is 1. The lowest BCUT2D eigenvalue weighted by atomic mass is 10.0. The largest absolute Gasteiger partial charge is 0.462 e. The van der Waals surface area contributed by atoms with Gasteiger partial charge >= 0.3 is 6.01 Å². The standard InChI is InChI=1S/C34H38ClF2N7O2/c1-21(2)43-14-5-7-25(43)20-46-34-39-28-19-41(29-8-4-6-23-9-10-27(37)31(35)30(23)29)15-12-26(28)32(40-34)42-16-17-44(33(45)22(3)36)24(18-42)11-13-38/h4,6,8-10,21,24-25H,3,5,7,11-12,14-20H2,1-2H3. The number of nitriles is 1. The number of anilines is 2. The predicted molar refractivity (Wildman–Crippen MR) is 174 cm³/mol. The molecule has 2 aromatic carbocycles. The second-order valence-electron chi connectivity index (χ2n) is 12.5. The molecule has 242 valence electrons. The molecule has 2 unspecified atom stereocenters. The molecule has 4 heterocycles. The van der Waals surface area contributed by atoms with Crippen LogP contribution >= 0.6 is 11.6 Å². The Morgan fingerprint density at radius 2 is 1.98 bits per heavy atom. The van der Waals surface area contributed by atoms with Crippen LogP contribution in [0.15, 0.2) is 42.7 Å². The molecule has 46 heavy (non-hydrogen) atoms. The zero-order chi connectivity index (χ0) is 32.5. The minimum atomic E-state index is -1.04. The van der Waals surface area contributed by atoms with Crippen molar-refractivity contribution in [1.82, 2.24) is 19.8 Å². The first-order valence-electron chi connectivity index (χ1n) is 15.8. The van der Waals surface area contributed by atoms with Gasteiger partial charge in [0.1, 0.15) is 18.2 Å². The van der Waals surface area contributed by atoms with Gasteiger partial charge in [-0.15, -0.1) is 0 Å². The normalized spacial score (nSPS) is 20.2. The Balaban J connectivity index is 1.35. The highest BCUT2D eigenvalue weighted by atomic mass is 35.5. The number of benzene rings is 2. The van der Waals surface area contributed by atoms with Gasteiger partial charge in [0.2, 0.25) is 0 Å². The SMILES string of the molecule is C=C(F)C(=O)N1CCN(c2nc(OCC3CCCN3C(C)C)nc3c2CCN(c2cccc4ccc(F)c(Cl)c24)C3)CC1CC#N. The van der Waals surface area contributed by atoms with Crippen molar-refractivity contribution in [2.24, 2.45) is 0 Å². The third-order valence-electron chi connectivity index (χ3n) is 9.37. The van der Waals surface area contributed by atoms with Crippen molar-refractivity contribution in [2.45, 2.75) is 64.2 Å². The van der Waals surface area contributed by atoms with E-state index in [2.05, 4.69) is 41.2 Å². The number of rotatable bonds is 8. The summed E-state index contributed by atoms with van der Waals surface area (Å²) in [5.74, 6) is -1.60. The average Bonchev–Trinajstić information content (AvgIpc) is 3.53. The van der Waals surface area contributed by atoms with Gasteiger partial charge < -0.3 is 19.4 Å². The van der Waals surface area contributed by atoms with Gasteiger partial charge in [0.25, 0.3) is 5.91 Å². The van der Waals surface area contributed by atoms with Gasteiger partial charge in [0.05, 0.1) is 35.8 Å². The summed E-state index contributed by atoms with van der Waals surface area (Å²) in [5, 5.41) is 11.1. The van der Waals surface area contributed by atoms with Crippen LogP contribution in [0.5, 0.6) is 6.01 Å². The van der Waals surface area contributed by atoms with Crippen molar-refractivity contribution in [3.05, 3.63) is 64.8 Å². The van der Waals surface area contributed by atoms with Crippen LogP contribution in [0, 0.1) is 17.1 Å². The van der Waals surface area contributed by atoms with Crippen LogP contribution in [0.4, 0.5) is 20.3 Å². The zero-order valence-electron chi connectivity index (χ0n) is 26.2. The van der Waals surface area contributed by atoms with Crippen molar-refractivity contribution in [1.29, 1.82) is 5.26 Å². The fraction of sp³-hybridized carbons (Fsp3) is 0.471. The maximum atomic E-state index is 14.6. The molecule has 1 aromatic heterocycles. The maximum absolute atomic E-state index is 14.6. The predicted octanol–water partition coefficient (Wildman–Crippen LogP) is 5.65. The third kappa shape index (κ3) is 6.20. The highest BCUT2D eigenvalue weighted by Crippen LogP contribution is 2.38. The summed E-state index contributed by atoms with van der Waals surface area (Å²) in [6.07, 6.45) is 2.79. The lowest BCUT2D eigenvalue weighted by Gasteiger charge is -2.42. The number of halogens is 3. The monoisotopic (exact) mass is 649 g/mol. The molecule has 0 saturated carbocycles. The van der Waals surface area contributed by atoms with Crippen LogP contribution in [-0.4, -0.2) is 83.1 Å². The van der Waals surface area contributed by atoms with E-state index < -0.39 is 23.6 Å². The van der Waals surface area contributed by atoms with Crippen molar-refractivity contribution >= 4 is 39.8 Å². The molecule has 3 aliphatic rings. The van der Waals surface area contributed by atoms with Crippen LogP contribution in [0.25, 0.3) is 10.8 Å². The number of aromatic nitrogens is 2. The molecule has 0 aliphatic carbocycles. The molecule has 9 nitrogen and oxygen atoms in total. The Hall–Kier alpha value is -4.01. The lowest BCUT2D eigenvalue weighted by molar-refractivity contribution is -0.131. The number of hydrogen-bond donors (Lipinski definition) is 0. The minimum absolute atomic E-state index is 0.0467. The maximum Gasteiger partial charge on any atom is 0.318 e. The van der Waals surface area contributed by atoms with Crippen molar-refractivity contribution in [3.63, 3.8) is 0 Å². The number of carbonyl (C=O) groups is 1. The summed E-state index contributed by atoms with van der Waals surface area (Å²) >= 11 is 6.50. The van der Waals surface area contributed by atoms with Gasteiger partial charge in [-0.3, -0.25) is 9.69 Å². The zero-order valence-corrected chi connectivity index (χ0v) is 26.9. The van der Waals surface area contributed by atoms with Gasteiger partial charge in [0, 0.05) is 54.9 Å². The van der Waals surface area contributed by atoms with E-state index in [0.717, 1.165) is 41.7 Å². The van der Waals surface area contributed by atoms with E-state index in [9.17, 15) is 18.8 Å². The summed E-state index contributed by atoms with van der Waals surface area (Å²) in [7, 11) is 0. The number of fused-ring (bicyclic) bond motifs is 2. The van der Waals surface area contributed by atoms with Crippen molar-refractivity contribution < 1.29 is 18.3 Å². The number of nitrogens with zero attached hydrogens (tertiary/aromatic N) is 7. The Bertz CT molecular complexity index is 1700. The van der Waals surface area contributed by atoms with E-state index in [1.165, 1.54) is 11.0 Å². The molecule has 2 saturated heterocycles. The molecule has 6 rings (SSSR count). The number of likely N-dealkylation sites (tertiary alicyclic amines) is 1. The number of carbonyl (C=O) groups excluding carboxylic acids is 1. The van der Waals surface area contributed by atoms with Gasteiger partial charge in [0.15, 0.2) is 5.83 Å². The summed E-state index contributed by atoms with van der Waals surface area (Å²) < 4.78 is 34.7. The highest BCUT2D eigenvalue weighted by molar-refractivity contribution is 6.36. The third-order valence-corrected chi connectivity index (χ3v) is 9.74. The van der Waals surface area contributed by atoms with E-state index >= 15 is 0 Å². The fourth-order valence-electron chi connectivity index (χ4n) is 7.11. The number of hydrogen-bond acceptors (Lipinski definition) is 8. The molecule has 2 atom stereocenters. The number of amides is 1. The van der Waals surface area contributed by atoms with E-state index in [-0.39, 0.29) is 30.0 Å². The molecule has 0 bridgehead atoms. The second-order valence-corrected chi connectivity index (χ2v) is 12.8. The summed E-state index contributed by atoms with van der Waals surface area (Å²) in [5.41, 5.74) is 2.56. The fourth-order valence-corrected chi connectivity index (χ4v) is 7.38. The quantitative estimate of drug-likeness (QED) is 0.289. The Morgan fingerprint density at radius 3 is 2.74 bits per heavy atom. The number of ether oxygens (including phenoxy) is 1. The van der Waals surface area contributed by atoms with Gasteiger partial charge in [-0.2, -0.15) is 15.2 Å². The summed E-state index contributed by atoms with van der Waals surface area (Å²) in [4.78, 5) is 30.4. The molecule has 12 heteroatoms. The van der Waals surface area contributed by atoms with Crippen LogP contribution < -0.4 is 14.5 Å². The van der Waals surface area contributed by atoms with E-state index in [1.807, 2.05) is 18.2 Å². The molecular formula is C34H38ClF2N7O2. The molecule has 3 aromatic rings. The molecule has 3 aliphatic heterocycles. The molecule has 2 fully saturated rings. The molecule has 0 N–H and O–H groups in total. The van der Waals surface area contributed by atoms with Crippen LogP contribution in [-0.2, 0) is 17.8 Å². The summed E-state index contributed by atoms with van der Waals surface area (Å²) in [6.45, 7) is 11.0. The van der Waals surface area contributed by atoms with Gasteiger partial charge in [-0.05, 0) is 57.2 Å². The first-order valence-corrected chi connectivity index (χ1v) is 16.2. The van der Waals surface area contributed by atoms with Crippen LogP contribution in [0.2, 0.25) is 5.02 Å². The molecule has 0 spiro atoms. The second kappa shape index (κ2) is 13.4. The lowest BCUT2D eigenvalue weighted by Crippen LogP contribution is -2.55. The van der Waals surface area contributed by atoms with E-state index in [4.69, 9.17) is 26.3 Å². The van der Waals surface area contributed by atoms with E-state index in [1.54, 1.807) is 6.07 Å². The van der Waals surface area contributed by atoms with Crippen molar-refractivity contribution in [3.8, 4) is 12.1 Å². The van der Waals surface area contributed by atoms with Crippen LogP contribution in [0.1, 0.15) is 44.4 Å². The molecule has 1 amide bonds. The van der Waals surface area contributed by atoms with E-state index in [0.29, 0.717) is 56.5 Å². The van der Waals surface area contributed by atoms with Crippen molar-refractivity contribution in [2.75, 3.05) is 49.1 Å². The first-order chi connectivity index (χ1) is 22.2. The Kier molecular flexibility index (Phi) is 9.29. The summed E-state index contributed by atoms with van der Waals surface area (Å²) in [6, 6.07) is 11.4. The van der Waals surface area contributed by atoms with Gasteiger partial charge in [-0.1, -0.05) is 36.4 Å². The molecule has 0 radical (unpaired) electrons. The topological polar surface area (TPSA) is 88.8 Å². The Labute approximate surface area is 273 Å². The molecular weight excluding hydrogens is 612 g/mol. The average molecular weight is 650 g/mol. The Morgan fingerprint density at radius 1 is 1.15 bits per heavy atom. The van der Waals surface area contributed by atoms with Crippen LogP contribution in [0.3, 0.4) is 0 Å².